The second kappa shape index (κ2) is 7.58. The zero-order valence-corrected chi connectivity index (χ0v) is 17.5. The molecule has 4 atom stereocenters. The molecule has 1 unspecified atom stereocenters. The molecule has 5 heteroatoms. The van der Waals surface area contributed by atoms with E-state index in [2.05, 4.69) is 6.92 Å². The summed E-state index contributed by atoms with van der Waals surface area (Å²) in [5, 5.41) is 31.1. The summed E-state index contributed by atoms with van der Waals surface area (Å²) in [4.78, 5) is 12.1. The van der Waals surface area contributed by atoms with Crippen molar-refractivity contribution in [2.24, 2.45) is 5.92 Å². The predicted octanol–water partition coefficient (Wildman–Crippen LogP) is 4.73. The molecule has 1 heterocycles. The summed E-state index contributed by atoms with van der Waals surface area (Å²) in [6.07, 6.45) is 5.16. The van der Waals surface area contributed by atoms with Gasteiger partial charge < -0.3 is 20.1 Å². The van der Waals surface area contributed by atoms with Gasteiger partial charge in [-0.3, -0.25) is 4.79 Å². The number of unbranched alkanes of at least 4 members (excludes halogenated alkanes) is 2. The normalized spacial score (nSPS) is 27.8. The van der Waals surface area contributed by atoms with Crippen LogP contribution in [0.15, 0.2) is 12.1 Å². The second-order valence-electron chi connectivity index (χ2n) is 9.39. The van der Waals surface area contributed by atoms with Gasteiger partial charge in [0, 0.05) is 17.4 Å². The van der Waals surface area contributed by atoms with Crippen LogP contribution in [0.3, 0.4) is 0 Å². The van der Waals surface area contributed by atoms with Gasteiger partial charge in [0.1, 0.15) is 17.1 Å². The summed E-state index contributed by atoms with van der Waals surface area (Å²) in [6.45, 7) is 7.92. The third kappa shape index (κ3) is 3.61. The lowest BCUT2D eigenvalue weighted by Crippen LogP contribution is -2.47. The first-order chi connectivity index (χ1) is 13.1. The molecule has 3 rings (SSSR count). The van der Waals surface area contributed by atoms with Crippen molar-refractivity contribution in [2.75, 3.05) is 0 Å². The van der Waals surface area contributed by atoms with E-state index >= 15 is 0 Å². The summed E-state index contributed by atoms with van der Waals surface area (Å²) in [6, 6.07) is 3.42. The minimum absolute atomic E-state index is 0.0210. The smallest absolute Gasteiger partial charge is 0.313 e. The van der Waals surface area contributed by atoms with Gasteiger partial charge in [-0.05, 0) is 64.2 Å². The van der Waals surface area contributed by atoms with E-state index in [-0.39, 0.29) is 23.7 Å². The number of hydrogen-bond donors (Lipinski definition) is 3. The number of benzene rings is 1. The van der Waals surface area contributed by atoms with Crippen LogP contribution in [0.1, 0.15) is 89.7 Å². The van der Waals surface area contributed by atoms with Gasteiger partial charge in [0.05, 0.1) is 11.5 Å². The number of carboxylic acids is 1. The largest absolute Gasteiger partial charge is 0.508 e. The highest BCUT2D eigenvalue weighted by atomic mass is 16.5. The first-order valence-corrected chi connectivity index (χ1v) is 10.6. The zero-order valence-electron chi connectivity index (χ0n) is 17.5. The highest BCUT2D eigenvalue weighted by molar-refractivity contribution is 5.81. The first-order valence-electron chi connectivity index (χ1n) is 10.6. The van der Waals surface area contributed by atoms with Crippen molar-refractivity contribution in [3.63, 3.8) is 0 Å². The Balaban J connectivity index is 2.05. The monoisotopic (exact) mass is 390 g/mol. The van der Waals surface area contributed by atoms with E-state index in [4.69, 9.17) is 4.74 Å². The minimum atomic E-state index is -1.07. The molecule has 0 radical (unpaired) electrons. The topological polar surface area (TPSA) is 87.0 Å². The summed E-state index contributed by atoms with van der Waals surface area (Å²) >= 11 is 0. The molecule has 0 aromatic heterocycles. The Morgan fingerprint density at radius 1 is 1.29 bits per heavy atom. The number of aliphatic carboxylic acids is 1. The summed E-state index contributed by atoms with van der Waals surface area (Å²) in [5.41, 5.74) is -0.186. The van der Waals surface area contributed by atoms with Crippen molar-refractivity contribution in [3.8, 4) is 11.5 Å². The van der Waals surface area contributed by atoms with Crippen LogP contribution in [0.5, 0.6) is 11.5 Å². The molecule has 3 N–H and O–H groups in total. The number of aliphatic hydroxyl groups is 1. The van der Waals surface area contributed by atoms with Gasteiger partial charge in [0.15, 0.2) is 0 Å². The lowest BCUT2D eigenvalue weighted by molar-refractivity contribution is -0.143. The highest BCUT2D eigenvalue weighted by Gasteiger charge is 2.48. The van der Waals surface area contributed by atoms with Crippen molar-refractivity contribution >= 4 is 5.97 Å². The number of aromatic hydroxyl groups is 1. The van der Waals surface area contributed by atoms with E-state index in [1.54, 1.807) is 13.0 Å². The molecule has 5 nitrogen and oxygen atoms in total. The molecule has 28 heavy (non-hydrogen) atoms. The molecular weight excluding hydrogens is 356 g/mol. The van der Waals surface area contributed by atoms with Crippen LogP contribution in [0.25, 0.3) is 0 Å². The van der Waals surface area contributed by atoms with Gasteiger partial charge in [0.25, 0.3) is 0 Å². The van der Waals surface area contributed by atoms with Gasteiger partial charge in [-0.15, -0.1) is 0 Å². The Kier molecular flexibility index (Phi) is 5.68. The Hall–Kier alpha value is -1.75. The van der Waals surface area contributed by atoms with Crippen LogP contribution in [0.2, 0.25) is 0 Å². The van der Waals surface area contributed by atoms with Gasteiger partial charge in [-0.1, -0.05) is 26.2 Å². The number of rotatable bonds is 6. The maximum Gasteiger partial charge on any atom is 0.313 e. The van der Waals surface area contributed by atoms with Crippen molar-refractivity contribution in [2.45, 2.75) is 95.7 Å². The Labute approximate surface area is 167 Å². The van der Waals surface area contributed by atoms with Gasteiger partial charge in [0.2, 0.25) is 0 Å². The molecule has 0 saturated heterocycles. The fourth-order valence-corrected chi connectivity index (χ4v) is 5.15. The first kappa shape index (κ1) is 21.0. The molecule has 0 bridgehead atoms. The Morgan fingerprint density at radius 2 is 2.00 bits per heavy atom. The molecule has 2 aliphatic rings. The third-order valence-corrected chi connectivity index (χ3v) is 6.97. The van der Waals surface area contributed by atoms with Crippen molar-refractivity contribution < 1.29 is 24.9 Å². The minimum Gasteiger partial charge on any atom is -0.508 e. The molecule has 156 valence electrons. The van der Waals surface area contributed by atoms with Crippen molar-refractivity contribution in [1.82, 2.24) is 0 Å². The fourth-order valence-electron chi connectivity index (χ4n) is 5.15. The number of phenols is 1. The van der Waals surface area contributed by atoms with E-state index < -0.39 is 17.0 Å². The molecule has 1 saturated carbocycles. The zero-order chi connectivity index (χ0) is 20.7. The van der Waals surface area contributed by atoms with Gasteiger partial charge >= 0.3 is 5.97 Å². The molecule has 1 fully saturated rings. The average molecular weight is 391 g/mol. The van der Waals surface area contributed by atoms with Gasteiger partial charge in [-0.2, -0.15) is 0 Å². The fraction of sp³-hybridized carbons (Fsp3) is 0.696. The molecule has 1 aliphatic carbocycles. The predicted molar refractivity (Wildman–Crippen MR) is 108 cm³/mol. The maximum absolute atomic E-state index is 12.1. The summed E-state index contributed by atoms with van der Waals surface area (Å²) in [7, 11) is 0. The molecule has 0 amide bonds. The molecule has 1 aromatic carbocycles. The quantitative estimate of drug-likeness (QED) is 0.611. The van der Waals surface area contributed by atoms with Crippen LogP contribution in [0.4, 0.5) is 0 Å². The number of phenolic OH excluding ortho intramolecular Hbond substituents is 1. The van der Waals surface area contributed by atoms with E-state index in [0.29, 0.717) is 24.2 Å². The van der Waals surface area contributed by atoms with Crippen LogP contribution in [-0.2, 0) is 10.2 Å². The van der Waals surface area contributed by atoms with Crippen molar-refractivity contribution in [1.29, 1.82) is 0 Å². The second-order valence-corrected chi connectivity index (χ2v) is 9.39. The third-order valence-electron chi connectivity index (χ3n) is 6.97. The van der Waals surface area contributed by atoms with E-state index in [1.807, 2.05) is 19.9 Å². The lowest BCUT2D eigenvalue weighted by atomic mass is 9.65. The SMILES string of the molecule is CCCCCC(C)(C(=O)O)c1cc(O)c2c(c1)OC(C)(C)[C@@H]1CC[C@H](O)C[C@@H]21. The number of aliphatic hydroxyl groups excluding tert-OH is 1. The van der Waals surface area contributed by atoms with E-state index in [9.17, 15) is 20.1 Å². The standard InChI is InChI=1S/C23H34O5/c1-5-6-7-10-23(4,21(26)27)14-11-18(25)20-16-13-15(24)8-9-17(16)22(2,3)28-19(20)12-14/h11-12,15-17,24-25H,5-10,13H2,1-4H3,(H,26,27)/t15-,16+,17+,23?/m0/s1. The average Bonchev–Trinajstić information content (AvgIpc) is 2.60. The van der Waals surface area contributed by atoms with Crippen LogP contribution in [-0.4, -0.2) is 33.0 Å². The van der Waals surface area contributed by atoms with Crippen molar-refractivity contribution in [3.05, 3.63) is 23.3 Å². The lowest BCUT2D eigenvalue weighted by Gasteiger charge is -2.48. The maximum atomic E-state index is 12.1. The van der Waals surface area contributed by atoms with E-state index in [1.165, 1.54) is 0 Å². The molecule has 0 spiro atoms. The Morgan fingerprint density at radius 3 is 2.64 bits per heavy atom. The van der Waals surface area contributed by atoms with E-state index in [0.717, 1.165) is 37.7 Å². The number of carboxylic acid groups (broad SMARTS) is 1. The highest BCUT2D eigenvalue weighted by Crippen LogP contribution is 2.55. The van der Waals surface area contributed by atoms with Crippen LogP contribution in [0, 0.1) is 5.92 Å². The number of fused-ring (bicyclic) bond motifs is 3. The van der Waals surface area contributed by atoms with Crippen LogP contribution >= 0.6 is 0 Å². The number of hydrogen-bond acceptors (Lipinski definition) is 4. The summed E-state index contributed by atoms with van der Waals surface area (Å²) in [5.74, 6) is 0.0145. The van der Waals surface area contributed by atoms with Crippen LogP contribution < -0.4 is 4.74 Å². The molecule has 1 aliphatic heterocycles. The number of ether oxygens (including phenoxy) is 1. The van der Waals surface area contributed by atoms with Gasteiger partial charge in [-0.25, -0.2) is 0 Å². The Bertz CT molecular complexity index is 741. The molecular formula is C23H34O5. The molecule has 1 aromatic rings. The summed E-state index contributed by atoms with van der Waals surface area (Å²) < 4.78 is 6.31. The number of carbonyl (C=O) groups is 1.